The van der Waals surface area contributed by atoms with Crippen LogP contribution in [0, 0.1) is 0 Å². The summed E-state index contributed by atoms with van der Waals surface area (Å²) in [6.07, 6.45) is -11.1. The van der Waals surface area contributed by atoms with Crippen LogP contribution in [0.15, 0.2) is 53.7 Å². The monoisotopic (exact) mass is 548 g/mol. The predicted octanol–water partition coefficient (Wildman–Crippen LogP) is 7.38. The summed E-state index contributed by atoms with van der Waals surface area (Å²) >= 11 is 11.4. The van der Waals surface area contributed by atoms with Crippen molar-refractivity contribution in [1.82, 2.24) is 5.32 Å². The van der Waals surface area contributed by atoms with Gasteiger partial charge in [-0.3, -0.25) is 4.79 Å². The fraction of sp³-hybridized carbons (Fsp3) is 0.250. The molecule has 0 fully saturated rings. The molecule has 190 valence electrons. The fourth-order valence-corrected chi connectivity index (χ4v) is 4.50. The average molecular weight is 549 g/mol. The van der Waals surface area contributed by atoms with Gasteiger partial charge in [0, 0.05) is 31.0 Å². The molecule has 0 aliphatic carbocycles. The molecule has 0 saturated carbocycles. The van der Waals surface area contributed by atoms with Gasteiger partial charge >= 0.3 is 12.4 Å². The van der Waals surface area contributed by atoms with Gasteiger partial charge in [-0.05, 0) is 28.5 Å². The van der Waals surface area contributed by atoms with Gasteiger partial charge in [0.15, 0.2) is 0 Å². The van der Waals surface area contributed by atoms with Crippen LogP contribution in [-0.2, 0) is 28.0 Å². The van der Waals surface area contributed by atoms with E-state index in [2.05, 4.69) is 10.5 Å². The van der Waals surface area contributed by atoms with Crippen LogP contribution in [0.25, 0.3) is 10.8 Å². The second-order valence-electron chi connectivity index (χ2n) is 8.18. The third-order valence-corrected chi connectivity index (χ3v) is 6.64. The Morgan fingerprint density at radius 2 is 1.72 bits per heavy atom. The summed E-state index contributed by atoms with van der Waals surface area (Å²) < 4.78 is 83.6. The number of carbonyl (C=O) groups is 1. The molecule has 0 saturated heterocycles. The Morgan fingerprint density at radius 3 is 2.33 bits per heavy atom. The SMILES string of the molecule is CC(=O)NCc1ccc(C2=NOC(c3cc(Cl)c(Cl)c(C(F)(F)F)c3)(C(F)(F)F)C2)c2ccccc12. The van der Waals surface area contributed by atoms with E-state index in [-0.39, 0.29) is 24.2 Å². The van der Waals surface area contributed by atoms with Gasteiger partial charge in [-0.15, -0.1) is 0 Å². The molecule has 0 bridgehead atoms. The largest absolute Gasteiger partial charge is 0.435 e. The molecule has 0 radical (unpaired) electrons. The maximum absolute atomic E-state index is 14.4. The summed E-state index contributed by atoms with van der Waals surface area (Å²) in [5, 5.41) is 5.92. The van der Waals surface area contributed by atoms with Gasteiger partial charge in [0.25, 0.3) is 5.60 Å². The van der Waals surface area contributed by atoms with E-state index in [0.717, 1.165) is 0 Å². The number of nitrogens with one attached hydrogen (secondary N) is 1. The molecule has 4 nitrogen and oxygen atoms in total. The highest BCUT2D eigenvalue weighted by molar-refractivity contribution is 6.42. The third kappa shape index (κ3) is 4.59. The van der Waals surface area contributed by atoms with E-state index in [1.807, 2.05) is 0 Å². The van der Waals surface area contributed by atoms with Crippen molar-refractivity contribution in [2.24, 2.45) is 5.16 Å². The number of carbonyl (C=O) groups excluding carboxylic acids is 1. The lowest BCUT2D eigenvalue weighted by Gasteiger charge is -2.30. The number of oxime groups is 1. The predicted molar refractivity (Wildman–Crippen MR) is 123 cm³/mol. The summed E-state index contributed by atoms with van der Waals surface area (Å²) in [6.45, 7) is 1.54. The second kappa shape index (κ2) is 9.15. The smallest absolute Gasteiger partial charge is 0.374 e. The Bertz CT molecular complexity index is 1390. The first kappa shape index (κ1) is 26.1. The molecule has 0 spiro atoms. The molecular formula is C24H16Cl2F6N2O2. The van der Waals surface area contributed by atoms with Crippen molar-refractivity contribution in [3.05, 3.63) is 80.8 Å². The Hall–Kier alpha value is -2.98. The standard InChI is InChI=1S/C24H16Cl2F6N2O2/c1-12(35)33-11-13-6-7-17(16-5-3-2-4-15(13)16)20-10-22(36-34-20,24(30,31)32)14-8-18(23(27,28)29)21(26)19(25)9-14/h2-9H,10-11H2,1H3,(H,33,35). The minimum atomic E-state index is -5.15. The van der Waals surface area contributed by atoms with Crippen LogP contribution in [0.5, 0.6) is 0 Å². The highest BCUT2D eigenvalue weighted by Gasteiger charge is 2.63. The first-order valence-corrected chi connectivity index (χ1v) is 11.1. The fourth-order valence-electron chi connectivity index (χ4n) is 4.06. The first-order valence-electron chi connectivity index (χ1n) is 10.4. The zero-order valence-electron chi connectivity index (χ0n) is 18.3. The summed E-state index contributed by atoms with van der Waals surface area (Å²) in [4.78, 5) is 16.2. The van der Waals surface area contributed by atoms with Crippen molar-refractivity contribution >= 4 is 45.6 Å². The van der Waals surface area contributed by atoms with Gasteiger partial charge in [0.2, 0.25) is 5.91 Å². The maximum Gasteiger partial charge on any atom is 0.435 e. The molecule has 1 amide bonds. The molecular weight excluding hydrogens is 533 g/mol. The molecule has 36 heavy (non-hydrogen) atoms. The molecule has 3 aromatic rings. The number of nitrogens with zero attached hydrogens (tertiary/aromatic N) is 1. The van der Waals surface area contributed by atoms with Crippen molar-refractivity contribution < 1.29 is 36.0 Å². The van der Waals surface area contributed by atoms with Crippen LogP contribution in [-0.4, -0.2) is 17.8 Å². The molecule has 4 rings (SSSR count). The summed E-state index contributed by atoms with van der Waals surface area (Å²) in [5.74, 6) is -0.258. The molecule has 0 aromatic heterocycles. The van der Waals surface area contributed by atoms with Crippen molar-refractivity contribution in [1.29, 1.82) is 0 Å². The normalized spacial score (nSPS) is 18.2. The lowest BCUT2D eigenvalue weighted by atomic mass is 9.84. The molecule has 1 aliphatic rings. The molecule has 1 aliphatic heterocycles. The van der Waals surface area contributed by atoms with Gasteiger partial charge in [0.1, 0.15) is 0 Å². The Morgan fingerprint density at radius 1 is 1.06 bits per heavy atom. The highest BCUT2D eigenvalue weighted by atomic mass is 35.5. The lowest BCUT2D eigenvalue weighted by Crippen LogP contribution is -2.43. The van der Waals surface area contributed by atoms with Gasteiger partial charge < -0.3 is 10.2 Å². The number of benzene rings is 3. The van der Waals surface area contributed by atoms with Crippen LogP contribution in [0.4, 0.5) is 26.3 Å². The third-order valence-electron chi connectivity index (χ3n) is 5.84. The number of amides is 1. The highest BCUT2D eigenvalue weighted by Crippen LogP contribution is 2.51. The van der Waals surface area contributed by atoms with Crippen LogP contribution >= 0.6 is 23.2 Å². The van der Waals surface area contributed by atoms with E-state index >= 15 is 0 Å². The Balaban J connectivity index is 1.81. The van der Waals surface area contributed by atoms with E-state index in [1.54, 1.807) is 30.3 Å². The van der Waals surface area contributed by atoms with Crippen molar-refractivity contribution in [2.75, 3.05) is 0 Å². The number of halogens is 8. The van der Waals surface area contributed by atoms with Crippen molar-refractivity contribution in [3.63, 3.8) is 0 Å². The quantitative estimate of drug-likeness (QED) is 0.346. The van der Waals surface area contributed by atoms with Gasteiger partial charge in [-0.1, -0.05) is 64.8 Å². The van der Waals surface area contributed by atoms with Crippen LogP contribution in [0.3, 0.4) is 0 Å². The summed E-state index contributed by atoms with van der Waals surface area (Å²) in [5.41, 5.74) is -4.70. The average Bonchev–Trinajstić information content (AvgIpc) is 3.25. The van der Waals surface area contributed by atoms with Crippen LogP contribution in [0.1, 0.15) is 35.6 Å². The molecule has 12 heteroatoms. The number of fused-ring (bicyclic) bond motifs is 1. The topological polar surface area (TPSA) is 50.7 Å². The number of rotatable bonds is 4. The molecule has 1 atom stereocenters. The molecule has 1 heterocycles. The summed E-state index contributed by atoms with van der Waals surface area (Å²) in [7, 11) is 0. The minimum Gasteiger partial charge on any atom is -0.374 e. The zero-order chi connectivity index (χ0) is 26.5. The van der Waals surface area contributed by atoms with Gasteiger partial charge in [-0.25, -0.2) is 0 Å². The second-order valence-corrected chi connectivity index (χ2v) is 8.96. The molecule has 1 N–H and O–H groups in total. The van der Waals surface area contributed by atoms with E-state index in [4.69, 9.17) is 28.0 Å². The minimum absolute atomic E-state index is 0.116. The summed E-state index contributed by atoms with van der Waals surface area (Å²) in [6, 6.07) is 11.0. The van der Waals surface area contributed by atoms with Crippen molar-refractivity contribution in [2.45, 2.75) is 37.8 Å². The van der Waals surface area contributed by atoms with E-state index in [9.17, 15) is 31.1 Å². The van der Waals surface area contributed by atoms with Crippen LogP contribution in [0.2, 0.25) is 10.0 Å². The lowest BCUT2D eigenvalue weighted by molar-refractivity contribution is -0.276. The van der Waals surface area contributed by atoms with Crippen LogP contribution < -0.4 is 5.32 Å². The number of hydrogen-bond donors (Lipinski definition) is 1. The molecule has 3 aromatic carbocycles. The van der Waals surface area contributed by atoms with Gasteiger partial charge in [-0.2, -0.15) is 26.3 Å². The number of alkyl halides is 6. The maximum atomic E-state index is 14.4. The van der Waals surface area contributed by atoms with Gasteiger partial charge in [0.05, 0.1) is 21.3 Å². The zero-order valence-corrected chi connectivity index (χ0v) is 19.8. The van der Waals surface area contributed by atoms with Crippen molar-refractivity contribution in [3.8, 4) is 0 Å². The van der Waals surface area contributed by atoms with E-state index in [0.29, 0.717) is 28.0 Å². The van der Waals surface area contributed by atoms with E-state index < -0.39 is 45.5 Å². The van der Waals surface area contributed by atoms with E-state index in [1.165, 1.54) is 13.0 Å². The first-order chi connectivity index (χ1) is 16.7. The number of hydrogen-bond acceptors (Lipinski definition) is 3. The molecule has 1 unspecified atom stereocenters. The Labute approximate surface area is 210 Å². The Kier molecular flexibility index (Phi) is 6.63.